The van der Waals surface area contributed by atoms with Crippen molar-refractivity contribution < 1.29 is 5.11 Å². The largest absolute Gasteiger partial charge is 0.392 e. The van der Waals surface area contributed by atoms with Gasteiger partial charge in [-0.1, -0.05) is 12.2 Å². The molecule has 2 unspecified atom stereocenters. The first kappa shape index (κ1) is 10.4. The van der Waals surface area contributed by atoms with Crippen LogP contribution in [0.2, 0.25) is 0 Å². The highest BCUT2D eigenvalue weighted by atomic mass is 16.3. The van der Waals surface area contributed by atoms with Gasteiger partial charge in [0.15, 0.2) is 0 Å². The molecule has 0 saturated heterocycles. The van der Waals surface area contributed by atoms with E-state index in [1.165, 1.54) is 0 Å². The Kier molecular flexibility index (Phi) is 3.21. The first-order valence-corrected chi connectivity index (χ1v) is 5.56. The Balaban J connectivity index is 1.94. The van der Waals surface area contributed by atoms with Gasteiger partial charge in [-0.2, -0.15) is 0 Å². The lowest BCUT2D eigenvalue weighted by Crippen LogP contribution is -2.25. The summed E-state index contributed by atoms with van der Waals surface area (Å²) in [4.78, 5) is 4.24. The molecule has 0 spiro atoms. The van der Waals surface area contributed by atoms with Crippen LogP contribution >= 0.6 is 0 Å². The molecule has 0 aromatic carbocycles. The average Bonchev–Trinajstić information content (AvgIpc) is 2.66. The number of aliphatic hydroxyl groups excluding tert-OH is 1. The van der Waals surface area contributed by atoms with Crippen molar-refractivity contribution in [1.82, 2.24) is 9.55 Å². The molecule has 0 saturated carbocycles. The van der Waals surface area contributed by atoms with Crippen molar-refractivity contribution in [3.05, 3.63) is 30.4 Å². The van der Waals surface area contributed by atoms with E-state index in [0.29, 0.717) is 12.3 Å². The molecule has 0 aliphatic heterocycles. The van der Waals surface area contributed by atoms with E-state index in [2.05, 4.69) is 17.1 Å². The van der Waals surface area contributed by atoms with Gasteiger partial charge in [-0.15, -0.1) is 0 Å². The van der Waals surface area contributed by atoms with Crippen molar-refractivity contribution in [2.24, 2.45) is 13.0 Å². The molecule has 0 amide bonds. The van der Waals surface area contributed by atoms with Gasteiger partial charge in [0.2, 0.25) is 0 Å². The van der Waals surface area contributed by atoms with E-state index in [0.717, 1.165) is 25.1 Å². The second-order valence-electron chi connectivity index (χ2n) is 4.27. The molecule has 2 rings (SSSR count). The lowest BCUT2D eigenvalue weighted by atomic mass is 9.88. The highest BCUT2D eigenvalue weighted by molar-refractivity contribution is 4.97. The summed E-state index contributed by atoms with van der Waals surface area (Å²) in [5, 5.41) is 10.1. The minimum absolute atomic E-state index is 0.254. The fraction of sp³-hybridized carbons (Fsp3) is 0.583. The van der Waals surface area contributed by atoms with Crippen LogP contribution in [-0.4, -0.2) is 20.8 Å². The minimum atomic E-state index is -0.254. The molecule has 0 bridgehead atoms. The third-order valence-electron chi connectivity index (χ3n) is 3.17. The summed E-state index contributed by atoms with van der Waals surface area (Å²) in [6, 6.07) is 0. The third kappa shape index (κ3) is 2.48. The molecule has 1 aliphatic carbocycles. The molecule has 3 heteroatoms. The van der Waals surface area contributed by atoms with Crippen LogP contribution in [0.1, 0.15) is 25.1 Å². The van der Waals surface area contributed by atoms with Crippen molar-refractivity contribution in [1.29, 1.82) is 0 Å². The minimum Gasteiger partial charge on any atom is -0.392 e. The highest BCUT2D eigenvalue weighted by Gasteiger charge is 2.20. The van der Waals surface area contributed by atoms with E-state index < -0.39 is 0 Å². The lowest BCUT2D eigenvalue weighted by molar-refractivity contribution is 0.0995. The van der Waals surface area contributed by atoms with E-state index in [1.54, 1.807) is 6.20 Å². The van der Waals surface area contributed by atoms with Crippen LogP contribution in [0.15, 0.2) is 24.5 Å². The molecule has 1 aromatic rings. The average molecular weight is 206 g/mol. The van der Waals surface area contributed by atoms with Gasteiger partial charge in [0.1, 0.15) is 5.82 Å². The molecule has 15 heavy (non-hydrogen) atoms. The van der Waals surface area contributed by atoms with Gasteiger partial charge < -0.3 is 9.67 Å². The predicted molar refractivity (Wildman–Crippen MR) is 59.4 cm³/mol. The van der Waals surface area contributed by atoms with Crippen LogP contribution in [0.4, 0.5) is 0 Å². The van der Waals surface area contributed by atoms with Crippen molar-refractivity contribution in [2.75, 3.05) is 0 Å². The van der Waals surface area contributed by atoms with Gasteiger partial charge in [0.05, 0.1) is 6.10 Å². The molecule has 1 heterocycles. The summed E-state index contributed by atoms with van der Waals surface area (Å²) in [7, 11) is 1.97. The normalized spacial score (nSPS) is 22.9. The van der Waals surface area contributed by atoms with E-state index in [9.17, 15) is 5.11 Å². The molecule has 1 N–H and O–H groups in total. The maximum atomic E-state index is 10.1. The standard InChI is InChI=1S/C12H18N2O/c1-14-8-7-13-12(14)9-11(15)10-5-3-2-4-6-10/h2-3,7-8,10-11,15H,4-6,9H2,1H3. The molecule has 1 aromatic heterocycles. The van der Waals surface area contributed by atoms with E-state index in [-0.39, 0.29) is 6.10 Å². The van der Waals surface area contributed by atoms with Gasteiger partial charge in [0.25, 0.3) is 0 Å². The van der Waals surface area contributed by atoms with Gasteiger partial charge >= 0.3 is 0 Å². The third-order valence-corrected chi connectivity index (χ3v) is 3.17. The van der Waals surface area contributed by atoms with Gasteiger partial charge in [-0.05, 0) is 25.2 Å². The Hall–Kier alpha value is -1.09. The van der Waals surface area contributed by atoms with E-state index in [4.69, 9.17) is 0 Å². The highest BCUT2D eigenvalue weighted by Crippen LogP contribution is 2.23. The maximum Gasteiger partial charge on any atom is 0.110 e. The molecule has 0 fully saturated rings. The zero-order valence-electron chi connectivity index (χ0n) is 9.13. The topological polar surface area (TPSA) is 38.0 Å². The maximum absolute atomic E-state index is 10.1. The van der Waals surface area contributed by atoms with Crippen molar-refractivity contribution in [3.8, 4) is 0 Å². The molecule has 2 atom stereocenters. The summed E-state index contributed by atoms with van der Waals surface area (Å²) in [6.07, 6.45) is 11.7. The Morgan fingerprint density at radius 2 is 2.47 bits per heavy atom. The fourth-order valence-corrected chi connectivity index (χ4v) is 2.11. The van der Waals surface area contributed by atoms with Gasteiger partial charge in [-0.25, -0.2) is 4.98 Å². The smallest absolute Gasteiger partial charge is 0.110 e. The number of hydrogen-bond donors (Lipinski definition) is 1. The van der Waals surface area contributed by atoms with Crippen LogP contribution in [0.5, 0.6) is 0 Å². The molecule has 0 radical (unpaired) electrons. The van der Waals surface area contributed by atoms with Crippen molar-refractivity contribution in [2.45, 2.75) is 31.8 Å². The second-order valence-corrected chi connectivity index (χ2v) is 4.27. The number of imidazole rings is 1. The van der Waals surface area contributed by atoms with Crippen LogP contribution in [0, 0.1) is 5.92 Å². The summed E-state index contributed by atoms with van der Waals surface area (Å²) in [5.41, 5.74) is 0. The van der Waals surface area contributed by atoms with Crippen LogP contribution < -0.4 is 0 Å². The van der Waals surface area contributed by atoms with Crippen LogP contribution in [0.25, 0.3) is 0 Å². The van der Waals surface area contributed by atoms with E-state index in [1.807, 2.05) is 17.8 Å². The molecular weight excluding hydrogens is 188 g/mol. The lowest BCUT2D eigenvalue weighted by Gasteiger charge is -2.23. The van der Waals surface area contributed by atoms with Gasteiger partial charge in [0, 0.05) is 25.9 Å². The zero-order valence-corrected chi connectivity index (χ0v) is 9.13. The molecule has 82 valence electrons. The SMILES string of the molecule is Cn1ccnc1CC(O)C1CC=CCC1. The summed E-state index contributed by atoms with van der Waals surface area (Å²) in [5.74, 6) is 1.38. The number of aromatic nitrogens is 2. The van der Waals surface area contributed by atoms with Crippen LogP contribution in [-0.2, 0) is 13.5 Å². The zero-order chi connectivity index (χ0) is 10.7. The summed E-state index contributed by atoms with van der Waals surface area (Å²) in [6.45, 7) is 0. The van der Waals surface area contributed by atoms with Crippen LogP contribution in [0.3, 0.4) is 0 Å². The number of aliphatic hydroxyl groups is 1. The van der Waals surface area contributed by atoms with Gasteiger partial charge in [-0.3, -0.25) is 0 Å². The van der Waals surface area contributed by atoms with Crippen molar-refractivity contribution in [3.63, 3.8) is 0 Å². The number of nitrogens with zero attached hydrogens (tertiary/aromatic N) is 2. The second kappa shape index (κ2) is 4.62. The van der Waals surface area contributed by atoms with Crippen molar-refractivity contribution >= 4 is 0 Å². The Labute approximate surface area is 90.5 Å². The molecule has 1 aliphatic rings. The van der Waals surface area contributed by atoms with E-state index >= 15 is 0 Å². The summed E-state index contributed by atoms with van der Waals surface area (Å²) < 4.78 is 1.97. The summed E-state index contributed by atoms with van der Waals surface area (Å²) >= 11 is 0. The number of aryl methyl sites for hydroxylation is 1. The quantitative estimate of drug-likeness (QED) is 0.764. The fourth-order valence-electron chi connectivity index (χ4n) is 2.11. The Morgan fingerprint density at radius 3 is 3.07 bits per heavy atom. The Bertz CT molecular complexity index is 343. The monoisotopic (exact) mass is 206 g/mol. The predicted octanol–water partition coefficient (Wildman–Crippen LogP) is 1.68. The molecular formula is C12H18N2O. The number of rotatable bonds is 3. The first-order chi connectivity index (χ1) is 7.27. The first-order valence-electron chi connectivity index (χ1n) is 5.56. The number of hydrogen-bond acceptors (Lipinski definition) is 2. The molecule has 3 nitrogen and oxygen atoms in total. The Morgan fingerprint density at radius 1 is 1.60 bits per heavy atom. The number of allylic oxidation sites excluding steroid dienone is 2.